The van der Waals surface area contributed by atoms with Gasteiger partial charge in [0.1, 0.15) is 11.8 Å². The monoisotopic (exact) mass is 349 g/mol. The molecule has 1 N–H and O–H groups in total. The van der Waals surface area contributed by atoms with E-state index in [0.29, 0.717) is 17.7 Å². The predicted molar refractivity (Wildman–Crippen MR) is 94.7 cm³/mol. The zero-order valence-corrected chi connectivity index (χ0v) is 15.5. The number of ketones is 1. The lowest BCUT2D eigenvalue weighted by atomic mass is 10.0. The molecule has 138 valence electrons. The number of methoxy groups -OCH3 is 2. The Morgan fingerprint density at radius 1 is 1.12 bits per heavy atom. The highest BCUT2D eigenvalue weighted by Gasteiger charge is 2.23. The smallest absolute Gasteiger partial charge is 0.328 e. The number of carbonyl (C=O) groups excluding carboxylic acids is 3. The van der Waals surface area contributed by atoms with Crippen molar-refractivity contribution in [2.24, 2.45) is 5.92 Å². The highest BCUT2D eigenvalue weighted by molar-refractivity contribution is 6.00. The molecule has 1 atom stereocenters. The van der Waals surface area contributed by atoms with E-state index in [1.807, 2.05) is 26.8 Å². The van der Waals surface area contributed by atoms with E-state index in [2.05, 4.69) is 5.32 Å². The van der Waals surface area contributed by atoms with Crippen molar-refractivity contribution in [2.45, 2.75) is 46.1 Å². The summed E-state index contributed by atoms with van der Waals surface area (Å²) in [6.45, 7) is 5.79. The Kier molecular flexibility index (Phi) is 8.11. The molecule has 1 unspecified atom stereocenters. The lowest BCUT2D eigenvalue weighted by molar-refractivity contribution is -0.145. The molecule has 6 nitrogen and oxygen atoms in total. The fourth-order valence-electron chi connectivity index (χ4n) is 2.50. The van der Waals surface area contributed by atoms with Crippen LogP contribution < -0.4 is 10.1 Å². The van der Waals surface area contributed by atoms with Crippen molar-refractivity contribution in [3.63, 3.8) is 0 Å². The summed E-state index contributed by atoms with van der Waals surface area (Å²) in [4.78, 5) is 36.2. The second-order valence-corrected chi connectivity index (χ2v) is 6.40. The third-order valence-corrected chi connectivity index (χ3v) is 3.76. The van der Waals surface area contributed by atoms with Gasteiger partial charge in [0.15, 0.2) is 5.78 Å². The van der Waals surface area contributed by atoms with Gasteiger partial charge in [-0.15, -0.1) is 0 Å². The summed E-state index contributed by atoms with van der Waals surface area (Å²) in [5, 5.41) is 2.65. The fraction of sp³-hybridized carbons (Fsp3) is 0.526. The van der Waals surface area contributed by atoms with Crippen LogP contribution in [0.5, 0.6) is 5.75 Å². The zero-order chi connectivity index (χ0) is 19.0. The van der Waals surface area contributed by atoms with Gasteiger partial charge < -0.3 is 14.8 Å². The van der Waals surface area contributed by atoms with Crippen LogP contribution in [0.25, 0.3) is 0 Å². The van der Waals surface area contributed by atoms with E-state index in [9.17, 15) is 14.4 Å². The van der Waals surface area contributed by atoms with Crippen molar-refractivity contribution in [1.82, 2.24) is 5.32 Å². The molecule has 0 bridgehead atoms. The summed E-state index contributed by atoms with van der Waals surface area (Å²) in [5.41, 5.74) is 1.40. The summed E-state index contributed by atoms with van der Waals surface area (Å²) >= 11 is 0. The van der Waals surface area contributed by atoms with E-state index < -0.39 is 12.0 Å². The SMILES string of the molecule is COC(=O)C(CC(C)C)NC(=O)CCC(=O)c1cc(C)ccc1OC. The van der Waals surface area contributed by atoms with Gasteiger partial charge in [-0.25, -0.2) is 4.79 Å². The molecule has 1 rings (SSSR count). The van der Waals surface area contributed by atoms with Crippen molar-refractivity contribution in [3.05, 3.63) is 29.3 Å². The minimum Gasteiger partial charge on any atom is -0.496 e. The van der Waals surface area contributed by atoms with Crippen LogP contribution >= 0.6 is 0 Å². The van der Waals surface area contributed by atoms with Crippen LogP contribution in [0.2, 0.25) is 0 Å². The standard InChI is InChI=1S/C19H27NO5/c1-12(2)10-15(19(23)25-5)20-18(22)9-7-16(21)14-11-13(3)6-8-17(14)24-4/h6,8,11-12,15H,7,9-10H2,1-5H3,(H,20,22). The number of nitrogens with one attached hydrogen (secondary N) is 1. The Hall–Kier alpha value is -2.37. The average molecular weight is 349 g/mol. The van der Waals surface area contributed by atoms with Gasteiger partial charge in [0, 0.05) is 12.8 Å². The Balaban J connectivity index is 2.67. The summed E-state index contributed by atoms with van der Waals surface area (Å²) in [7, 11) is 2.79. The number of aryl methyl sites for hydroxylation is 1. The summed E-state index contributed by atoms with van der Waals surface area (Å²) < 4.78 is 9.92. The molecule has 1 amide bonds. The van der Waals surface area contributed by atoms with Gasteiger partial charge in [0.25, 0.3) is 0 Å². The van der Waals surface area contributed by atoms with Crippen LogP contribution in [0.4, 0.5) is 0 Å². The number of rotatable bonds is 9. The number of hydrogen-bond acceptors (Lipinski definition) is 5. The quantitative estimate of drug-likeness (QED) is 0.547. The minimum atomic E-state index is -0.693. The van der Waals surface area contributed by atoms with E-state index >= 15 is 0 Å². The Bertz CT molecular complexity index is 624. The molecule has 0 spiro atoms. The second-order valence-electron chi connectivity index (χ2n) is 6.40. The molecular formula is C19H27NO5. The molecule has 0 aromatic heterocycles. The summed E-state index contributed by atoms with van der Waals surface area (Å²) in [6, 6.07) is 4.64. The molecule has 6 heteroatoms. The lowest BCUT2D eigenvalue weighted by Gasteiger charge is -2.18. The Morgan fingerprint density at radius 2 is 1.80 bits per heavy atom. The highest BCUT2D eigenvalue weighted by atomic mass is 16.5. The van der Waals surface area contributed by atoms with Gasteiger partial charge >= 0.3 is 5.97 Å². The van der Waals surface area contributed by atoms with E-state index in [0.717, 1.165) is 5.56 Å². The number of Topliss-reactive ketones (excluding diaryl/α,β-unsaturated/α-hetero) is 1. The maximum absolute atomic E-state index is 12.4. The Labute approximate surface area is 148 Å². The molecule has 0 aliphatic rings. The van der Waals surface area contributed by atoms with Crippen LogP contribution in [0.3, 0.4) is 0 Å². The van der Waals surface area contributed by atoms with E-state index in [4.69, 9.17) is 9.47 Å². The largest absolute Gasteiger partial charge is 0.496 e. The van der Waals surface area contributed by atoms with Crippen LogP contribution in [-0.2, 0) is 14.3 Å². The van der Waals surface area contributed by atoms with Crippen molar-refractivity contribution in [1.29, 1.82) is 0 Å². The first-order valence-electron chi connectivity index (χ1n) is 8.33. The number of hydrogen-bond donors (Lipinski definition) is 1. The van der Waals surface area contributed by atoms with Crippen molar-refractivity contribution < 1.29 is 23.9 Å². The van der Waals surface area contributed by atoms with Gasteiger partial charge in [0.05, 0.1) is 19.8 Å². The molecule has 25 heavy (non-hydrogen) atoms. The molecule has 1 aromatic carbocycles. The van der Waals surface area contributed by atoms with Gasteiger partial charge in [0.2, 0.25) is 5.91 Å². The summed E-state index contributed by atoms with van der Waals surface area (Å²) in [5.74, 6) is -0.287. The molecule has 0 aliphatic carbocycles. The lowest BCUT2D eigenvalue weighted by Crippen LogP contribution is -2.42. The third kappa shape index (κ3) is 6.57. The molecule has 0 saturated carbocycles. The molecule has 0 saturated heterocycles. The number of carbonyl (C=O) groups is 3. The van der Waals surface area contributed by atoms with Crippen molar-refractivity contribution in [2.75, 3.05) is 14.2 Å². The molecule has 1 aromatic rings. The first-order valence-corrected chi connectivity index (χ1v) is 8.33. The maximum atomic E-state index is 12.4. The minimum absolute atomic E-state index is 0.00151. The third-order valence-electron chi connectivity index (χ3n) is 3.76. The van der Waals surface area contributed by atoms with Crippen LogP contribution in [0, 0.1) is 12.8 Å². The molecule has 0 radical (unpaired) electrons. The van der Waals surface area contributed by atoms with Crippen molar-refractivity contribution in [3.8, 4) is 5.75 Å². The first kappa shape index (κ1) is 20.7. The normalized spacial score (nSPS) is 11.8. The van der Waals surface area contributed by atoms with E-state index in [1.54, 1.807) is 12.1 Å². The van der Waals surface area contributed by atoms with Gasteiger partial charge in [-0.1, -0.05) is 25.5 Å². The van der Waals surface area contributed by atoms with E-state index in [-0.39, 0.29) is 30.4 Å². The topological polar surface area (TPSA) is 81.7 Å². The van der Waals surface area contributed by atoms with Crippen LogP contribution in [-0.4, -0.2) is 37.9 Å². The summed E-state index contributed by atoms with van der Waals surface area (Å²) in [6.07, 6.45) is 0.529. The average Bonchev–Trinajstić information content (AvgIpc) is 2.57. The van der Waals surface area contributed by atoms with Gasteiger partial charge in [-0.2, -0.15) is 0 Å². The van der Waals surface area contributed by atoms with E-state index in [1.165, 1.54) is 14.2 Å². The molecule has 0 fully saturated rings. The van der Waals surface area contributed by atoms with Crippen LogP contribution in [0.15, 0.2) is 18.2 Å². The number of ether oxygens (including phenoxy) is 2. The maximum Gasteiger partial charge on any atom is 0.328 e. The molecule has 0 heterocycles. The van der Waals surface area contributed by atoms with Crippen LogP contribution in [0.1, 0.15) is 49.0 Å². The Morgan fingerprint density at radius 3 is 2.36 bits per heavy atom. The zero-order valence-electron chi connectivity index (χ0n) is 15.5. The number of amides is 1. The predicted octanol–water partition coefficient (Wildman–Crippen LogP) is 2.67. The van der Waals surface area contributed by atoms with Gasteiger partial charge in [-0.05, 0) is 31.4 Å². The number of esters is 1. The second kappa shape index (κ2) is 9.81. The number of benzene rings is 1. The van der Waals surface area contributed by atoms with Gasteiger partial charge in [-0.3, -0.25) is 9.59 Å². The molecular weight excluding hydrogens is 322 g/mol. The fourth-order valence-corrected chi connectivity index (χ4v) is 2.50. The highest BCUT2D eigenvalue weighted by Crippen LogP contribution is 2.21. The molecule has 0 aliphatic heterocycles. The van der Waals surface area contributed by atoms with Crippen molar-refractivity contribution >= 4 is 17.7 Å². The first-order chi connectivity index (χ1) is 11.8.